The van der Waals surface area contributed by atoms with Gasteiger partial charge in [0.2, 0.25) is 11.4 Å². The van der Waals surface area contributed by atoms with E-state index in [9.17, 15) is 19.8 Å². The molecule has 5 rings (SSSR count). The maximum absolute atomic E-state index is 12.9. The molecule has 150 valence electrons. The van der Waals surface area contributed by atoms with Crippen LogP contribution in [-0.4, -0.2) is 46.3 Å². The Morgan fingerprint density at radius 1 is 1.39 bits per heavy atom. The van der Waals surface area contributed by atoms with Gasteiger partial charge < -0.3 is 15.1 Å². The van der Waals surface area contributed by atoms with Crippen molar-refractivity contribution < 1.29 is 24.6 Å². The Bertz CT molecular complexity index is 846. The zero-order valence-electron chi connectivity index (χ0n) is 16.3. The van der Waals surface area contributed by atoms with Crippen molar-refractivity contribution in [1.29, 1.82) is 0 Å². The predicted octanol–water partition coefficient (Wildman–Crippen LogP) is 1.81. The largest absolute Gasteiger partial charge is 0.393 e. The monoisotopic (exact) mass is 385 g/mol. The summed E-state index contributed by atoms with van der Waals surface area (Å²) in [4.78, 5) is 30.5. The van der Waals surface area contributed by atoms with Crippen LogP contribution in [0.15, 0.2) is 29.0 Å². The fourth-order valence-electron chi connectivity index (χ4n) is 7.62. The zero-order valence-corrected chi connectivity index (χ0v) is 16.3. The lowest BCUT2D eigenvalue weighted by Gasteiger charge is -2.59. The molecule has 0 aromatic rings. The number of carbonyl (C=O) groups excluding carboxylic acids is 2. The summed E-state index contributed by atoms with van der Waals surface area (Å²) in [7, 11) is 0. The van der Waals surface area contributed by atoms with Crippen LogP contribution in [0.25, 0.3) is 0 Å². The van der Waals surface area contributed by atoms with E-state index in [-0.39, 0.29) is 40.7 Å². The fourth-order valence-corrected chi connectivity index (χ4v) is 7.62. The second kappa shape index (κ2) is 5.63. The number of aliphatic hydroxyl groups excluding tert-OH is 2. The molecule has 8 atom stereocenters. The number of allylic oxidation sites excluding steroid dienone is 4. The van der Waals surface area contributed by atoms with Crippen molar-refractivity contribution in [2.24, 2.45) is 39.7 Å². The van der Waals surface area contributed by atoms with Crippen LogP contribution < -0.4 is 0 Å². The summed E-state index contributed by atoms with van der Waals surface area (Å²) in [5, 5.41) is 25.0. The molecule has 0 radical (unpaired) electrons. The van der Waals surface area contributed by atoms with Gasteiger partial charge in [0.25, 0.3) is 0 Å². The van der Waals surface area contributed by atoms with Crippen LogP contribution in [0.1, 0.15) is 39.5 Å². The predicted molar refractivity (Wildman–Crippen MR) is 101 cm³/mol. The number of hydrogen-bond donors (Lipinski definition) is 2. The molecule has 6 nitrogen and oxygen atoms in total. The molecule has 0 aromatic heterocycles. The highest BCUT2D eigenvalue weighted by Gasteiger charge is 2.74. The van der Waals surface area contributed by atoms with Gasteiger partial charge in [0.15, 0.2) is 5.78 Å². The topological polar surface area (TPSA) is 96.2 Å². The zero-order chi connectivity index (χ0) is 19.9. The minimum Gasteiger partial charge on any atom is -0.393 e. The number of fused-ring (bicyclic) bond motifs is 7. The first-order valence-electron chi connectivity index (χ1n) is 10.3. The smallest absolute Gasteiger partial charge is 0.211 e. The Morgan fingerprint density at radius 3 is 2.93 bits per heavy atom. The van der Waals surface area contributed by atoms with Gasteiger partial charge in [-0.2, -0.15) is 0 Å². The number of Topliss-reactive ketones (excluding diaryl/α,β-unsaturated/α-hetero) is 1. The highest BCUT2D eigenvalue weighted by atomic mass is 16.7. The summed E-state index contributed by atoms with van der Waals surface area (Å²) in [5.41, 5.74) is -0.979. The van der Waals surface area contributed by atoms with Crippen LogP contribution in [-0.2, 0) is 14.4 Å². The highest BCUT2D eigenvalue weighted by Crippen LogP contribution is 2.69. The van der Waals surface area contributed by atoms with Crippen molar-refractivity contribution in [1.82, 2.24) is 0 Å². The SMILES string of the molecule is C[C@]12C=CC(=O)C=C1CCC1C3C[C@H]4C=NO[C@@]4(C(=O)CO)[C@@]3(C)C[C@H](O)[C@@H]12. The summed E-state index contributed by atoms with van der Waals surface area (Å²) in [6.45, 7) is 3.59. The Labute approximate surface area is 164 Å². The van der Waals surface area contributed by atoms with E-state index in [4.69, 9.17) is 4.84 Å². The molecule has 5 aliphatic rings. The lowest BCUT2D eigenvalue weighted by Crippen LogP contribution is -2.62. The van der Waals surface area contributed by atoms with E-state index in [0.29, 0.717) is 6.42 Å². The molecule has 0 saturated heterocycles. The van der Waals surface area contributed by atoms with Crippen LogP contribution >= 0.6 is 0 Å². The quantitative estimate of drug-likeness (QED) is 0.756. The van der Waals surface area contributed by atoms with E-state index < -0.39 is 23.7 Å². The van der Waals surface area contributed by atoms with Crippen molar-refractivity contribution in [2.75, 3.05) is 6.61 Å². The minimum absolute atomic E-state index is 0.00645. The van der Waals surface area contributed by atoms with Gasteiger partial charge >= 0.3 is 0 Å². The van der Waals surface area contributed by atoms with Gasteiger partial charge in [-0.3, -0.25) is 9.59 Å². The highest BCUT2D eigenvalue weighted by molar-refractivity contribution is 6.01. The van der Waals surface area contributed by atoms with Crippen molar-refractivity contribution in [3.05, 3.63) is 23.8 Å². The van der Waals surface area contributed by atoms with Crippen molar-refractivity contribution in [2.45, 2.75) is 51.2 Å². The van der Waals surface area contributed by atoms with Gasteiger partial charge in [-0.05, 0) is 49.7 Å². The Kier molecular flexibility index (Phi) is 3.67. The first kappa shape index (κ1) is 18.3. The van der Waals surface area contributed by atoms with Gasteiger partial charge in [-0.25, -0.2) is 0 Å². The van der Waals surface area contributed by atoms with E-state index in [1.165, 1.54) is 0 Å². The first-order valence-corrected chi connectivity index (χ1v) is 10.3. The van der Waals surface area contributed by atoms with E-state index in [2.05, 4.69) is 12.1 Å². The van der Waals surface area contributed by atoms with E-state index in [0.717, 1.165) is 24.8 Å². The number of hydrogen-bond acceptors (Lipinski definition) is 6. The van der Waals surface area contributed by atoms with Gasteiger partial charge in [-0.15, -0.1) is 0 Å². The molecule has 3 saturated carbocycles. The first-order chi connectivity index (χ1) is 13.3. The van der Waals surface area contributed by atoms with Crippen molar-refractivity contribution >= 4 is 17.8 Å². The molecule has 0 aromatic carbocycles. The average Bonchev–Trinajstić information content (AvgIpc) is 3.18. The standard InChI is InChI=1S/C22H27NO5/c1-20-6-5-14(25)7-12(20)3-4-15-16-8-13-10-23-28-22(13,18(27)11-24)21(16,2)9-17(26)19(15)20/h5-7,10,13,15-17,19,24,26H,3-4,8-9,11H2,1-2H3/t13-,15?,16?,17-,19+,20-,21-,22-/m0/s1. The lowest BCUT2D eigenvalue weighted by molar-refractivity contribution is -0.192. The van der Waals surface area contributed by atoms with Crippen molar-refractivity contribution in [3.63, 3.8) is 0 Å². The van der Waals surface area contributed by atoms with Gasteiger partial charge in [0, 0.05) is 22.7 Å². The maximum Gasteiger partial charge on any atom is 0.211 e. The second-order valence-corrected chi connectivity index (χ2v) is 9.72. The molecular formula is C22H27NO5. The number of nitrogens with zero attached hydrogens (tertiary/aromatic N) is 1. The van der Waals surface area contributed by atoms with E-state index in [1.807, 2.05) is 13.0 Å². The Morgan fingerprint density at radius 2 is 2.18 bits per heavy atom. The van der Waals surface area contributed by atoms with Crippen molar-refractivity contribution in [3.8, 4) is 0 Å². The van der Waals surface area contributed by atoms with Gasteiger partial charge in [0.1, 0.15) is 6.61 Å². The summed E-state index contributed by atoms with van der Waals surface area (Å²) in [5.74, 6) is -0.0597. The molecule has 0 amide bonds. The fraction of sp³-hybridized carbons (Fsp3) is 0.682. The summed E-state index contributed by atoms with van der Waals surface area (Å²) in [6, 6.07) is 0. The number of oxime groups is 1. The molecule has 6 heteroatoms. The number of carbonyl (C=O) groups is 2. The molecule has 4 aliphatic carbocycles. The Balaban J connectivity index is 1.59. The van der Waals surface area contributed by atoms with Crippen LogP contribution in [0.3, 0.4) is 0 Å². The molecule has 1 heterocycles. The minimum atomic E-state index is -1.17. The van der Waals surface area contributed by atoms with Crippen LogP contribution in [0.5, 0.6) is 0 Å². The summed E-state index contributed by atoms with van der Waals surface area (Å²) >= 11 is 0. The summed E-state index contributed by atoms with van der Waals surface area (Å²) in [6.07, 6.45) is 9.36. The molecule has 3 fully saturated rings. The molecule has 2 N–H and O–H groups in total. The van der Waals surface area contributed by atoms with E-state index >= 15 is 0 Å². The third-order valence-corrected chi connectivity index (χ3v) is 8.76. The lowest BCUT2D eigenvalue weighted by atomic mass is 9.46. The molecular weight excluding hydrogens is 358 g/mol. The Hall–Kier alpha value is -1.79. The van der Waals surface area contributed by atoms with E-state index in [1.54, 1.807) is 18.4 Å². The molecule has 1 aliphatic heterocycles. The third kappa shape index (κ3) is 1.93. The van der Waals surface area contributed by atoms with Gasteiger partial charge in [0.05, 0.1) is 12.3 Å². The molecule has 0 bridgehead atoms. The number of ketones is 2. The molecule has 28 heavy (non-hydrogen) atoms. The second-order valence-electron chi connectivity index (χ2n) is 9.72. The molecule has 0 spiro atoms. The average molecular weight is 385 g/mol. The summed E-state index contributed by atoms with van der Waals surface area (Å²) < 4.78 is 0. The van der Waals surface area contributed by atoms with Crippen LogP contribution in [0.4, 0.5) is 0 Å². The maximum atomic E-state index is 12.9. The van der Waals surface area contributed by atoms with Gasteiger partial charge in [-0.1, -0.05) is 30.7 Å². The normalized spacial score (nSPS) is 50.9. The van der Waals surface area contributed by atoms with Crippen LogP contribution in [0, 0.1) is 34.5 Å². The molecule has 2 unspecified atom stereocenters. The number of rotatable bonds is 2. The third-order valence-electron chi connectivity index (χ3n) is 8.76. The van der Waals surface area contributed by atoms with Crippen LogP contribution in [0.2, 0.25) is 0 Å². The number of aliphatic hydroxyl groups is 2.